The highest BCUT2D eigenvalue weighted by Gasteiger charge is 2.26. The standard InChI is InChI=1S/C22H26Cl2N2O2/c1-3-4-11-25-22(28)16(2)26(15-18-8-6-10-20(24)13-18)21(27)14-17-7-5-9-19(23)12-17/h5-10,12-13,16H,3-4,11,14-15H2,1-2H3,(H,25,28)/t16-/m0/s1. The molecule has 0 aliphatic heterocycles. The molecule has 2 rings (SSSR count). The molecular formula is C22H26Cl2N2O2. The first-order chi connectivity index (χ1) is 13.4. The van der Waals surface area contributed by atoms with Crippen molar-refractivity contribution in [2.24, 2.45) is 0 Å². The Morgan fingerprint density at radius 2 is 1.64 bits per heavy atom. The first kappa shape index (κ1) is 22.3. The fraction of sp³-hybridized carbons (Fsp3) is 0.364. The number of hydrogen-bond acceptors (Lipinski definition) is 2. The smallest absolute Gasteiger partial charge is 0.242 e. The molecular weight excluding hydrogens is 395 g/mol. The van der Waals surface area contributed by atoms with Gasteiger partial charge in [-0.15, -0.1) is 0 Å². The van der Waals surface area contributed by atoms with Gasteiger partial charge < -0.3 is 10.2 Å². The summed E-state index contributed by atoms with van der Waals surface area (Å²) < 4.78 is 0. The molecule has 0 aliphatic carbocycles. The number of benzene rings is 2. The van der Waals surface area contributed by atoms with Crippen molar-refractivity contribution >= 4 is 35.0 Å². The Balaban J connectivity index is 2.18. The van der Waals surface area contributed by atoms with E-state index in [1.54, 1.807) is 30.0 Å². The number of unbranched alkanes of at least 4 members (excludes halogenated alkanes) is 1. The van der Waals surface area contributed by atoms with Crippen molar-refractivity contribution in [1.82, 2.24) is 10.2 Å². The van der Waals surface area contributed by atoms with Gasteiger partial charge in [0, 0.05) is 23.1 Å². The van der Waals surface area contributed by atoms with E-state index in [-0.39, 0.29) is 18.2 Å². The topological polar surface area (TPSA) is 49.4 Å². The Bertz CT molecular complexity index is 811. The van der Waals surface area contributed by atoms with E-state index >= 15 is 0 Å². The van der Waals surface area contributed by atoms with Gasteiger partial charge in [0.2, 0.25) is 11.8 Å². The van der Waals surface area contributed by atoms with Crippen molar-refractivity contribution in [3.8, 4) is 0 Å². The molecule has 0 fully saturated rings. The first-order valence-electron chi connectivity index (χ1n) is 9.46. The van der Waals surface area contributed by atoms with Crippen LogP contribution in [0.2, 0.25) is 10.0 Å². The molecule has 0 unspecified atom stereocenters. The maximum absolute atomic E-state index is 13.1. The summed E-state index contributed by atoms with van der Waals surface area (Å²) in [5.41, 5.74) is 1.69. The van der Waals surface area contributed by atoms with E-state index in [9.17, 15) is 9.59 Å². The normalized spacial score (nSPS) is 11.7. The third-order valence-electron chi connectivity index (χ3n) is 4.48. The molecule has 150 valence electrons. The van der Waals surface area contributed by atoms with Crippen molar-refractivity contribution in [1.29, 1.82) is 0 Å². The van der Waals surface area contributed by atoms with E-state index in [1.807, 2.05) is 30.3 Å². The lowest BCUT2D eigenvalue weighted by Gasteiger charge is -2.29. The Morgan fingerprint density at radius 1 is 1.04 bits per heavy atom. The van der Waals surface area contributed by atoms with Crippen LogP contribution in [0, 0.1) is 0 Å². The number of amides is 2. The summed E-state index contributed by atoms with van der Waals surface area (Å²) in [5.74, 6) is -0.296. The molecule has 4 nitrogen and oxygen atoms in total. The quantitative estimate of drug-likeness (QED) is 0.588. The summed E-state index contributed by atoms with van der Waals surface area (Å²) in [5, 5.41) is 4.09. The minimum Gasteiger partial charge on any atom is -0.354 e. The fourth-order valence-corrected chi connectivity index (χ4v) is 3.30. The molecule has 6 heteroatoms. The minimum atomic E-state index is -0.595. The second-order valence-corrected chi connectivity index (χ2v) is 7.65. The third kappa shape index (κ3) is 6.84. The van der Waals surface area contributed by atoms with Gasteiger partial charge in [-0.25, -0.2) is 0 Å². The number of carbonyl (C=O) groups excluding carboxylic acids is 2. The van der Waals surface area contributed by atoms with Gasteiger partial charge in [-0.3, -0.25) is 9.59 Å². The fourth-order valence-electron chi connectivity index (χ4n) is 2.87. The monoisotopic (exact) mass is 420 g/mol. The predicted octanol–water partition coefficient (Wildman–Crippen LogP) is 4.87. The van der Waals surface area contributed by atoms with Gasteiger partial charge in [0.05, 0.1) is 6.42 Å². The first-order valence-corrected chi connectivity index (χ1v) is 10.2. The van der Waals surface area contributed by atoms with Crippen molar-refractivity contribution < 1.29 is 9.59 Å². The Labute approximate surface area is 176 Å². The lowest BCUT2D eigenvalue weighted by Crippen LogP contribution is -2.48. The molecule has 2 aromatic carbocycles. The molecule has 28 heavy (non-hydrogen) atoms. The highest BCUT2D eigenvalue weighted by Crippen LogP contribution is 2.17. The van der Waals surface area contributed by atoms with E-state index in [0.29, 0.717) is 23.1 Å². The van der Waals surface area contributed by atoms with Crippen molar-refractivity contribution in [3.05, 3.63) is 69.7 Å². The van der Waals surface area contributed by atoms with E-state index in [4.69, 9.17) is 23.2 Å². The Hall–Kier alpha value is -2.04. The maximum Gasteiger partial charge on any atom is 0.242 e. The molecule has 0 bridgehead atoms. The molecule has 0 aromatic heterocycles. The average Bonchev–Trinajstić information content (AvgIpc) is 2.65. The molecule has 0 spiro atoms. The highest BCUT2D eigenvalue weighted by molar-refractivity contribution is 6.30. The zero-order valence-electron chi connectivity index (χ0n) is 16.3. The number of nitrogens with one attached hydrogen (secondary N) is 1. The summed E-state index contributed by atoms with van der Waals surface area (Å²) in [6.45, 7) is 4.73. The molecule has 1 atom stereocenters. The van der Waals surface area contributed by atoms with Crippen molar-refractivity contribution in [2.45, 2.75) is 45.7 Å². The number of halogens is 2. The molecule has 0 radical (unpaired) electrons. The van der Waals surface area contributed by atoms with E-state index in [0.717, 1.165) is 24.0 Å². The Morgan fingerprint density at radius 3 is 2.25 bits per heavy atom. The highest BCUT2D eigenvalue weighted by atomic mass is 35.5. The van der Waals surface area contributed by atoms with Gasteiger partial charge in [-0.2, -0.15) is 0 Å². The van der Waals surface area contributed by atoms with Crippen LogP contribution in [0.15, 0.2) is 48.5 Å². The molecule has 0 heterocycles. The van der Waals surface area contributed by atoms with Crippen LogP contribution in [0.25, 0.3) is 0 Å². The largest absolute Gasteiger partial charge is 0.354 e. The van der Waals surface area contributed by atoms with Crippen LogP contribution in [-0.4, -0.2) is 29.3 Å². The predicted molar refractivity (Wildman–Crippen MR) is 115 cm³/mol. The van der Waals surface area contributed by atoms with Gasteiger partial charge in [0.1, 0.15) is 6.04 Å². The zero-order chi connectivity index (χ0) is 20.5. The van der Waals surface area contributed by atoms with Crippen LogP contribution < -0.4 is 5.32 Å². The maximum atomic E-state index is 13.1. The third-order valence-corrected chi connectivity index (χ3v) is 4.95. The van der Waals surface area contributed by atoms with E-state index in [2.05, 4.69) is 12.2 Å². The van der Waals surface area contributed by atoms with Gasteiger partial charge in [-0.05, 0) is 48.7 Å². The number of hydrogen-bond donors (Lipinski definition) is 1. The second-order valence-electron chi connectivity index (χ2n) is 6.78. The SMILES string of the molecule is CCCCNC(=O)[C@H](C)N(Cc1cccc(Cl)c1)C(=O)Cc1cccc(Cl)c1. The number of nitrogens with zero attached hydrogens (tertiary/aromatic N) is 1. The summed E-state index contributed by atoms with van der Waals surface area (Å²) in [6.07, 6.45) is 2.07. The Kier molecular flexibility index (Phi) is 8.81. The number of carbonyl (C=O) groups is 2. The summed E-state index contributed by atoms with van der Waals surface area (Å²) in [6, 6.07) is 13.9. The molecule has 0 saturated carbocycles. The van der Waals surface area contributed by atoms with Gasteiger partial charge in [0.15, 0.2) is 0 Å². The van der Waals surface area contributed by atoms with Crippen LogP contribution in [0.1, 0.15) is 37.8 Å². The van der Waals surface area contributed by atoms with Crippen molar-refractivity contribution in [3.63, 3.8) is 0 Å². The summed E-state index contributed by atoms with van der Waals surface area (Å²) in [7, 11) is 0. The van der Waals surface area contributed by atoms with E-state index in [1.165, 1.54) is 0 Å². The molecule has 0 aliphatic rings. The van der Waals surface area contributed by atoms with Gasteiger partial charge >= 0.3 is 0 Å². The minimum absolute atomic E-state index is 0.139. The average molecular weight is 421 g/mol. The zero-order valence-corrected chi connectivity index (χ0v) is 17.8. The van der Waals surface area contributed by atoms with Crippen LogP contribution in [0.5, 0.6) is 0 Å². The molecule has 1 N–H and O–H groups in total. The summed E-state index contributed by atoms with van der Waals surface area (Å²) >= 11 is 12.1. The lowest BCUT2D eigenvalue weighted by atomic mass is 10.1. The lowest BCUT2D eigenvalue weighted by molar-refractivity contribution is -0.140. The van der Waals surface area contributed by atoms with Crippen LogP contribution in [-0.2, 0) is 22.6 Å². The molecule has 2 amide bonds. The van der Waals surface area contributed by atoms with Crippen LogP contribution >= 0.6 is 23.2 Å². The van der Waals surface area contributed by atoms with Crippen LogP contribution in [0.4, 0.5) is 0 Å². The number of rotatable bonds is 9. The van der Waals surface area contributed by atoms with E-state index < -0.39 is 6.04 Å². The summed E-state index contributed by atoms with van der Waals surface area (Å²) in [4.78, 5) is 27.2. The second kappa shape index (κ2) is 11.1. The molecule has 2 aromatic rings. The van der Waals surface area contributed by atoms with Gasteiger partial charge in [-0.1, -0.05) is 60.8 Å². The van der Waals surface area contributed by atoms with Crippen LogP contribution in [0.3, 0.4) is 0 Å². The molecule has 0 saturated heterocycles. The van der Waals surface area contributed by atoms with Gasteiger partial charge in [0.25, 0.3) is 0 Å². The van der Waals surface area contributed by atoms with Crippen molar-refractivity contribution in [2.75, 3.05) is 6.54 Å².